The van der Waals surface area contributed by atoms with Gasteiger partial charge in [0, 0.05) is 0 Å². The van der Waals surface area contributed by atoms with Gasteiger partial charge in [0.1, 0.15) is 0 Å². The lowest BCUT2D eigenvalue weighted by Gasteiger charge is -2.20. The van der Waals surface area contributed by atoms with Crippen LogP contribution in [0.5, 0.6) is 0 Å². The minimum Gasteiger partial charge on any atom is -0.394 e. The molecule has 0 heterocycles. The molecule has 0 aliphatic rings. The zero-order valence-corrected chi connectivity index (χ0v) is 28.3. The van der Waals surface area contributed by atoms with E-state index in [2.05, 4.69) is 43.5 Å². The molecule has 0 saturated heterocycles. The Morgan fingerprint density at radius 2 is 1.00 bits per heavy atom. The smallest absolute Gasteiger partial charge is 0.222 e. The van der Waals surface area contributed by atoms with E-state index in [4.69, 9.17) is 0 Å². The van der Waals surface area contributed by atoms with Crippen molar-refractivity contribution in [3.8, 4) is 0 Å². The molecule has 0 aromatic rings. The second-order valence-electron chi connectivity index (χ2n) is 12.5. The first-order valence-electron chi connectivity index (χ1n) is 18.3. The van der Waals surface area contributed by atoms with Crippen molar-refractivity contribution in [2.24, 2.45) is 0 Å². The average molecular weight is 606 g/mol. The van der Waals surface area contributed by atoms with E-state index in [-0.39, 0.29) is 18.9 Å². The maximum Gasteiger partial charge on any atom is 0.222 e. The molecule has 3 atom stereocenters. The standard InChI is InChI=1S/C38H71NO4/c1-3-5-7-9-11-12-13-14-15-16-17-18-19-20-21-22-23-24-26-28-30-32-37(42)36(34-40)39-38(43)33-35(41)31-29-27-25-10-8-6-4-2/h19-20,23-24,30,32,35-37,40-42H,3-18,21-22,25-29,31,33-34H2,1-2H3,(H,39,43)/b20-19+,24-23+,32-30+. The van der Waals surface area contributed by atoms with Crippen molar-refractivity contribution in [3.63, 3.8) is 0 Å². The van der Waals surface area contributed by atoms with Crippen LogP contribution in [0.25, 0.3) is 0 Å². The molecule has 43 heavy (non-hydrogen) atoms. The maximum atomic E-state index is 12.3. The zero-order chi connectivity index (χ0) is 31.6. The minimum atomic E-state index is -0.955. The molecule has 0 rings (SSSR count). The fourth-order valence-corrected chi connectivity index (χ4v) is 5.31. The molecule has 0 bridgehead atoms. The number of hydrogen-bond donors (Lipinski definition) is 4. The van der Waals surface area contributed by atoms with E-state index in [0.29, 0.717) is 6.42 Å². The fraction of sp³-hybridized carbons (Fsp3) is 0.816. The molecule has 0 aromatic heterocycles. The number of nitrogens with one attached hydrogen (secondary N) is 1. The Labute approximate surface area is 266 Å². The van der Waals surface area contributed by atoms with Gasteiger partial charge in [0.2, 0.25) is 5.91 Å². The zero-order valence-electron chi connectivity index (χ0n) is 28.3. The van der Waals surface area contributed by atoms with E-state index >= 15 is 0 Å². The summed E-state index contributed by atoms with van der Waals surface area (Å²) in [5.74, 6) is -0.335. The Morgan fingerprint density at radius 3 is 1.49 bits per heavy atom. The number of rotatable bonds is 32. The highest BCUT2D eigenvalue weighted by atomic mass is 16.3. The predicted octanol–water partition coefficient (Wildman–Crippen LogP) is 9.65. The first-order valence-corrected chi connectivity index (χ1v) is 18.3. The molecule has 5 nitrogen and oxygen atoms in total. The molecule has 4 N–H and O–H groups in total. The van der Waals surface area contributed by atoms with Gasteiger partial charge in [-0.2, -0.15) is 0 Å². The van der Waals surface area contributed by atoms with Gasteiger partial charge >= 0.3 is 0 Å². The molecule has 0 aromatic carbocycles. The fourth-order valence-electron chi connectivity index (χ4n) is 5.31. The van der Waals surface area contributed by atoms with Crippen molar-refractivity contribution in [3.05, 3.63) is 36.5 Å². The number of amides is 1. The Hall–Kier alpha value is -1.43. The number of unbranched alkanes of at least 4 members (excludes halogenated alkanes) is 19. The van der Waals surface area contributed by atoms with E-state index in [1.54, 1.807) is 6.08 Å². The molecule has 5 heteroatoms. The van der Waals surface area contributed by atoms with Crippen molar-refractivity contribution in [2.45, 2.75) is 193 Å². The quantitative estimate of drug-likeness (QED) is 0.0454. The largest absolute Gasteiger partial charge is 0.394 e. The molecular formula is C38H71NO4. The highest BCUT2D eigenvalue weighted by Crippen LogP contribution is 2.13. The number of allylic oxidation sites excluding steroid dienone is 5. The highest BCUT2D eigenvalue weighted by molar-refractivity contribution is 5.76. The monoisotopic (exact) mass is 606 g/mol. The summed E-state index contributed by atoms with van der Waals surface area (Å²) in [5.41, 5.74) is 0. The van der Waals surface area contributed by atoms with E-state index in [1.165, 1.54) is 109 Å². The van der Waals surface area contributed by atoms with Gasteiger partial charge in [-0.15, -0.1) is 0 Å². The van der Waals surface area contributed by atoms with Crippen LogP contribution in [0, 0.1) is 0 Å². The summed E-state index contributed by atoms with van der Waals surface area (Å²) in [6.07, 6.45) is 40.0. The molecular weight excluding hydrogens is 534 g/mol. The third-order valence-electron chi connectivity index (χ3n) is 8.16. The molecule has 0 aliphatic heterocycles. The van der Waals surface area contributed by atoms with Crippen LogP contribution in [0.2, 0.25) is 0 Å². The summed E-state index contributed by atoms with van der Waals surface area (Å²) in [5, 5.41) is 32.8. The summed E-state index contributed by atoms with van der Waals surface area (Å²) in [6, 6.07) is -0.762. The lowest BCUT2D eigenvalue weighted by molar-refractivity contribution is -0.124. The van der Waals surface area contributed by atoms with Crippen LogP contribution in [0.1, 0.15) is 174 Å². The SMILES string of the molecule is CCCCCCCCCCCCC/C=C/CC/C=C/CC/C=C/C(O)C(CO)NC(=O)CC(O)CCCCCCCCC. The van der Waals surface area contributed by atoms with Crippen molar-refractivity contribution in [1.29, 1.82) is 0 Å². The molecule has 0 fully saturated rings. The van der Waals surface area contributed by atoms with Crippen molar-refractivity contribution >= 4 is 5.91 Å². The van der Waals surface area contributed by atoms with Gasteiger partial charge in [-0.05, 0) is 44.9 Å². The summed E-state index contributed by atoms with van der Waals surface area (Å²) in [7, 11) is 0. The lowest BCUT2D eigenvalue weighted by Crippen LogP contribution is -2.45. The molecule has 3 unspecified atom stereocenters. The summed E-state index contributed by atoms with van der Waals surface area (Å²) >= 11 is 0. The Balaban J connectivity index is 3.77. The number of hydrogen-bond acceptors (Lipinski definition) is 4. The van der Waals surface area contributed by atoms with E-state index < -0.39 is 18.2 Å². The second kappa shape index (κ2) is 33.5. The summed E-state index contributed by atoms with van der Waals surface area (Å²) in [6.45, 7) is 4.13. The third-order valence-corrected chi connectivity index (χ3v) is 8.16. The highest BCUT2D eigenvalue weighted by Gasteiger charge is 2.20. The lowest BCUT2D eigenvalue weighted by atomic mass is 10.0. The van der Waals surface area contributed by atoms with E-state index in [0.717, 1.165) is 38.5 Å². The maximum absolute atomic E-state index is 12.3. The number of aliphatic hydroxyl groups excluding tert-OH is 3. The van der Waals surface area contributed by atoms with Crippen molar-refractivity contribution in [2.75, 3.05) is 6.61 Å². The Kier molecular flexibility index (Phi) is 32.3. The van der Waals surface area contributed by atoms with Gasteiger partial charge in [-0.25, -0.2) is 0 Å². The summed E-state index contributed by atoms with van der Waals surface area (Å²) < 4.78 is 0. The van der Waals surface area contributed by atoms with Crippen LogP contribution in [-0.2, 0) is 4.79 Å². The Bertz CT molecular complexity index is 675. The van der Waals surface area contributed by atoms with Gasteiger partial charge in [0.25, 0.3) is 0 Å². The first kappa shape index (κ1) is 41.6. The van der Waals surface area contributed by atoms with E-state index in [9.17, 15) is 20.1 Å². The van der Waals surface area contributed by atoms with E-state index in [1.807, 2.05) is 6.08 Å². The number of aliphatic hydroxyl groups is 3. The molecule has 252 valence electrons. The van der Waals surface area contributed by atoms with Crippen LogP contribution < -0.4 is 5.32 Å². The first-order chi connectivity index (χ1) is 21.0. The number of carbonyl (C=O) groups excluding carboxylic acids is 1. The Morgan fingerprint density at radius 1 is 0.581 bits per heavy atom. The predicted molar refractivity (Wildman–Crippen MR) is 185 cm³/mol. The van der Waals surface area contributed by atoms with Gasteiger partial charge in [0.15, 0.2) is 0 Å². The summed E-state index contributed by atoms with van der Waals surface area (Å²) in [4.78, 5) is 12.3. The molecule has 0 saturated carbocycles. The third kappa shape index (κ3) is 30.4. The van der Waals surface area contributed by atoms with Crippen LogP contribution in [0.15, 0.2) is 36.5 Å². The molecule has 0 radical (unpaired) electrons. The molecule has 1 amide bonds. The average Bonchev–Trinajstić information content (AvgIpc) is 3.00. The van der Waals surface area contributed by atoms with Crippen LogP contribution in [0.4, 0.5) is 0 Å². The van der Waals surface area contributed by atoms with Gasteiger partial charge in [-0.3, -0.25) is 4.79 Å². The second-order valence-corrected chi connectivity index (χ2v) is 12.5. The van der Waals surface area contributed by atoms with Crippen LogP contribution in [0.3, 0.4) is 0 Å². The molecule has 0 aliphatic carbocycles. The van der Waals surface area contributed by atoms with Crippen molar-refractivity contribution < 1.29 is 20.1 Å². The van der Waals surface area contributed by atoms with Gasteiger partial charge in [0.05, 0.1) is 31.3 Å². The van der Waals surface area contributed by atoms with Crippen molar-refractivity contribution in [1.82, 2.24) is 5.32 Å². The normalized spacial score (nSPS) is 14.3. The minimum absolute atomic E-state index is 0.00209. The molecule has 0 spiro atoms. The van der Waals surface area contributed by atoms with Gasteiger partial charge < -0.3 is 20.6 Å². The van der Waals surface area contributed by atoms with Gasteiger partial charge in [-0.1, -0.05) is 159 Å². The van der Waals surface area contributed by atoms with Crippen LogP contribution >= 0.6 is 0 Å². The topological polar surface area (TPSA) is 89.8 Å². The number of carbonyl (C=O) groups is 1. The van der Waals surface area contributed by atoms with Crippen LogP contribution in [-0.4, -0.2) is 46.1 Å².